The van der Waals surface area contributed by atoms with E-state index in [4.69, 9.17) is 11.6 Å². The van der Waals surface area contributed by atoms with Gasteiger partial charge in [-0.3, -0.25) is 4.98 Å². The third-order valence-electron chi connectivity index (χ3n) is 2.90. The molecule has 0 spiro atoms. The van der Waals surface area contributed by atoms with E-state index < -0.39 is 0 Å². The van der Waals surface area contributed by atoms with Gasteiger partial charge in [-0.2, -0.15) is 0 Å². The summed E-state index contributed by atoms with van der Waals surface area (Å²) in [5.74, 6) is 0. The van der Waals surface area contributed by atoms with Gasteiger partial charge in [0.1, 0.15) is 0 Å². The lowest BCUT2D eigenvalue weighted by molar-refractivity contribution is 0.318. The number of benzene rings is 1. The fourth-order valence-corrected chi connectivity index (χ4v) is 2.00. The standard InChI is InChI=1S/C14H19ClN4/c1-18(2)8-9-19(3)17-13-6-7-16-14-10-11(15)4-5-12(13)14/h4-7,10H,8-9H2,1-3H3,(H,16,17). The SMILES string of the molecule is CN(C)CCN(C)Nc1ccnc2cc(Cl)ccc12. The van der Waals surface area contributed by atoms with E-state index in [1.54, 1.807) is 6.20 Å². The molecule has 0 aliphatic carbocycles. The maximum atomic E-state index is 5.98. The quantitative estimate of drug-likeness (QED) is 0.852. The molecule has 0 atom stereocenters. The highest BCUT2D eigenvalue weighted by molar-refractivity contribution is 6.31. The van der Waals surface area contributed by atoms with E-state index >= 15 is 0 Å². The number of anilines is 1. The van der Waals surface area contributed by atoms with Crippen molar-refractivity contribution in [2.75, 3.05) is 39.7 Å². The van der Waals surface area contributed by atoms with E-state index in [0.717, 1.165) is 29.7 Å². The van der Waals surface area contributed by atoms with Crippen LogP contribution in [0.4, 0.5) is 5.69 Å². The molecule has 0 aliphatic heterocycles. The van der Waals surface area contributed by atoms with Crippen molar-refractivity contribution in [2.45, 2.75) is 0 Å². The van der Waals surface area contributed by atoms with Crippen molar-refractivity contribution in [1.29, 1.82) is 0 Å². The number of rotatable bonds is 5. The van der Waals surface area contributed by atoms with Crippen LogP contribution in [0, 0.1) is 0 Å². The molecule has 2 aromatic rings. The van der Waals surface area contributed by atoms with Gasteiger partial charge in [-0.15, -0.1) is 0 Å². The molecule has 0 amide bonds. The topological polar surface area (TPSA) is 31.4 Å². The van der Waals surface area contributed by atoms with E-state index in [0.29, 0.717) is 5.02 Å². The molecule has 0 unspecified atom stereocenters. The monoisotopic (exact) mass is 278 g/mol. The fraction of sp³-hybridized carbons (Fsp3) is 0.357. The van der Waals surface area contributed by atoms with E-state index in [2.05, 4.69) is 34.4 Å². The van der Waals surface area contributed by atoms with Gasteiger partial charge in [0.05, 0.1) is 11.2 Å². The molecule has 1 aromatic heterocycles. The van der Waals surface area contributed by atoms with Crippen LogP contribution in [0.2, 0.25) is 5.02 Å². The summed E-state index contributed by atoms with van der Waals surface area (Å²) in [6.07, 6.45) is 1.79. The van der Waals surface area contributed by atoms with Crippen molar-refractivity contribution in [1.82, 2.24) is 14.9 Å². The number of likely N-dealkylation sites (N-methyl/N-ethyl adjacent to an activating group) is 2. The summed E-state index contributed by atoms with van der Waals surface area (Å²) >= 11 is 5.98. The zero-order chi connectivity index (χ0) is 13.8. The first-order valence-corrected chi connectivity index (χ1v) is 6.61. The van der Waals surface area contributed by atoms with Crippen LogP contribution in [0.1, 0.15) is 0 Å². The van der Waals surface area contributed by atoms with Crippen LogP contribution in [0.15, 0.2) is 30.5 Å². The van der Waals surface area contributed by atoms with Gasteiger partial charge < -0.3 is 10.3 Å². The summed E-state index contributed by atoms with van der Waals surface area (Å²) in [4.78, 5) is 6.49. The predicted molar refractivity (Wildman–Crippen MR) is 81.6 cm³/mol. The number of halogens is 1. The van der Waals surface area contributed by atoms with Crippen molar-refractivity contribution in [3.63, 3.8) is 0 Å². The van der Waals surface area contributed by atoms with Crippen molar-refractivity contribution in [2.24, 2.45) is 0 Å². The third-order valence-corrected chi connectivity index (χ3v) is 3.13. The third kappa shape index (κ3) is 3.80. The lowest BCUT2D eigenvalue weighted by Gasteiger charge is -2.22. The Morgan fingerprint density at radius 3 is 2.68 bits per heavy atom. The van der Waals surface area contributed by atoms with Crippen molar-refractivity contribution in [3.05, 3.63) is 35.5 Å². The molecule has 102 valence electrons. The van der Waals surface area contributed by atoms with Crippen molar-refractivity contribution in [3.8, 4) is 0 Å². The summed E-state index contributed by atoms with van der Waals surface area (Å²) in [6, 6.07) is 7.73. The van der Waals surface area contributed by atoms with E-state index in [9.17, 15) is 0 Å². The van der Waals surface area contributed by atoms with Crippen LogP contribution in [-0.2, 0) is 0 Å². The molecule has 0 radical (unpaired) electrons. The second-order valence-corrected chi connectivity index (χ2v) is 5.29. The number of nitrogens with one attached hydrogen (secondary N) is 1. The lowest BCUT2D eigenvalue weighted by atomic mass is 10.2. The average molecular weight is 279 g/mol. The van der Waals surface area contributed by atoms with Gasteiger partial charge in [0, 0.05) is 36.7 Å². The summed E-state index contributed by atoms with van der Waals surface area (Å²) in [7, 11) is 6.17. The number of hydrogen-bond acceptors (Lipinski definition) is 4. The van der Waals surface area contributed by atoms with Crippen molar-refractivity contribution >= 4 is 28.2 Å². The van der Waals surface area contributed by atoms with Crippen LogP contribution in [0.3, 0.4) is 0 Å². The molecule has 1 aromatic carbocycles. The minimum absolute atomic E-state index is 0.707. The Kier molecular flexibility index (Phi) is 4.58. The van der Waals surface area contributed by atoms with Crippen molar-refractivity contribution < 1.29 is 0 Å². The zero-order valence-electron chi connectivity index (χ0n) is 11.5. The van der Waals surface area contributed by atoms with Crippen LogP contribution in [0.25, 0.3) is 10.9 Å². The van der Waals surface area contributed by atoms with Gasteiger partial charge in [-0.25, -0.2) is 5.01 Å². The minimum atomic E-state index is 0.707. The Hall–Kier alpha value is -1.36. The summed E-state index contributed by atoms with van der Waals surface area (Å²) in [5, 5.41) is 3.85. The summed E-state index contributed by atoms with van der Waals surface area (Å²) in [6.45, 7) is 1.93. The van der Waals surface area contributed by atoms with Crippen LogP contribution < -0.4 is 5.43 Å². The van der Waals surface area contributed by atoms with Gasteiger partial charge in [0.15, 0.2) is 0 Å². The van der Waals surface area contributed by atoms with Gasteiger partial charge >= 0.3 is 0 Å². The first-order valence-electron chi connectivity index (χ1n) is 6.23. The van der Waals surface area contributed by atoms with E-state index in [1.165, 1.54) is 0 Å². The highest BCUT2D eigenvalue weighted by atomic mass is 35.5. The largest absolute Gasteiger partial charge is 0.318 e. The minimum Gasteiger partial charge on any atom is -0.318 e. The molecule has 0 bridgehead atoms. The number of aromatic nitrogens is 1. The molecule has 19 heavy (non-hydrogen) atoms. The molecule has 1 heterocycles. The Bertz CT molecular complexity index is 556. The maximum absolute atomic E-state index is 5.98. The molecule has 4 nitrogen and oxygen atoms in total. The summed E-state index contributed by atoms with van der Waals surface area (Å²) in [5.41, 5.74) is 5.33. The zero-order valence-corrected chi connectivity index (χ0v) is 12.3. The molecule has 5 heteroatoms. The van der Waals surface area contributed by atoms with E-state index in [1.807, 2.05) is 31.3 Å². The molecular formula is C14H19ClN4. The molecule has 0 saturated heterocycles. The molecule has 1 N–H and O–H groups in total. The average Bonchev–Trinajstić information content (AvgIpc) is 2.36. The highest BCUT2D eigenvalue weighted by Crippen LogP contribution is 2.24. The molecule has 0 fully saturated rings. The highest BCUT2D eigenvalue weighted by Gasteiger charge is 2.05. The van der Waals surface area contributed by atoms with Gasteiger partial charge in [-0.05, 0) is 38.4 Å². The Labute approximate surface area is 119 Å². The second-order valence-electron chi connectivity index (χ2n) is 4.86. The second kappa shape index (κ2) is 6.19. The van der Waals surface area contributed by atoms with Crippen LogP contribution in [0.5, 0.6) is 0 Å². The smallest absolute Gasteiger partial charge is 0.0738 e. The molecule has 0 saturated carbocycles. The van der Waals surface area contributed by atoms with Crippen LogP contribution in [-0.4, -0.2) is 49.1 Å². The molecule has 2 rings (SSSR count). The maximum Gasteiger partial charge on any atom is 0.0738 e. The van der Waals surface area contributed by atoms with Gasteiger partial charge in [0.25, 0.3) is 0 Å². The Morgan fingerprint density at radius 2 is 1.95 bits per heavy atom. The number of hydrazine groups is 1. The Morgan fingerprint density at radius 1 is 1.16 bits per heavy atom. The van der Waals surface area contributed by atoms with Gasteiger partial charge in [0.2, 0.25) is 0 Å². The predicted octanol–water partition coefficient (Wildman–Crippen LogP) is 2.71. The Balaban J connectivity index is 2.16. The van der Waals surface area contributed by atoms with E-state index in [-0.39, 0.29) is 0 Å². The normalized spacial score (nSPS) is 11.5. The lowest BCUT2D eigenvalue weighted by Crippen LogP contribution is -2.32. The number of fused-ring (bicyclic) bond motifs is 1. The number of nitrogens with zero attached hydrogens (tertiary/aromatic N) is 3. The number of hydrogen-bond donors (Lipinski definition) is 1. The first kappa shape index (κ1) is 14.1. The molecular weight excluding hydrogens is 260 g/mol. The molecule has 0 aliphatic rings. The van der Waals surface area contributed by atoms with Crippen LogP contribution >= 0.6 is 11.6 Å². The van der Waals surface area contributed by atoms with Gasteiger partial charge in [-0.1, -0.05) is 11.6 Å². The fourth-order valence-electron chi connectivity index (χ4n) is 1.83. The summed E-state index contributed by atoms with van der Waals surface area (Å²) < 4.78 is 0. The first-order chi connectivity index (χ1) is 9.06. The number of pyridine rings is 1.